The first-order valence-electron chi connectivity index (χ1n) is 4.79. The zero-order valence-corrected chi connectivity index (χ0v) is 14.1. The van der Waals surface area contributed by atoms with E-state index < -0.39 is 10.0 Å². The van der Waals surface area contributed by atoms with Gasteiger partial charge in [-0.1, -0.05) is 27.5 Å². The van der Waals surface area contributed by atoms with E-state index in [0.717, 1.165) is 0 Å². The van der Waals surface area contributed by atoms with Crippen molar-refractivity contribution in [3.8, 4) is 0 Å². The van der Waals surface area contributed by atoms with Gasteiger partial charge in [-0.15, -0.1) is 0 Å². The van der Waals surface area contributed by atoms with Crippen LogP contribution in [0.4, 0.5) is 0 Å². The molecule has 0 saturated carbocycles. The Morgan fingerprint density at radius 2 is 2.06 bits per heavy atom. The summed E-state index contributed by atoms with van der Waals surface area (Å²) in [5, 5.41) is 1.07. The maximum absolute atomic E-state index is 12.2. The molecule has 0 fully saturated rings. The van der Waals surface area contributed by atoms with Crippen LogP contribution in [0.1, 0.15) is 6.92 Å². The number of halogens is 3. The average molecular weight is 406 g/mol. The Morgan fingerprint density at radius 1 is 1.47 bits per heavy atom. The van der Waals surface area contributed by atoms with E-state index in [1.807, 2.05) is 6.92 Å². The monoisotopic (exact) mass is 403 g/mol. The van der Waals surface area contributed by atoms with Crippen LogP contribution < -0.4 is 0 Å². The van der Waals surface area contributed by atoms with Crippen molar-refractivity contribution in [3.05, 3.63) is 27.7 Å². The van der Waals surface area contributed by atoms with Crippen LogP contribution in [0.15, 0.2) is 27.6 Å². The number of alkyl halides is 1. The summed E-state index contributed by atoms with van der Waals surface area (Å²) in [4.78, 5) is 0.226. The molecule has 7 heteroatoms. The highest BCUT2D eigenvalue weighted by atomic mass is 79.9. The Balaban J connectivity index is 3.17. The van der Waals surface area contributed by atoms with Crippen LogP contribution in [0.3, 0.4) is 0 Å². The van der Waals surface area contributed by atoms with Crippen molar-refractivity contribution in [1.82, 2.24) is 4.31 Å². The van der Waals surface area contributed by atoms with Gasteiger partial charge in [0, 0.05) is 22.9 Å². The third-order valence-electron chi connectivity index (χ3n) is 2.41. The highest BCUT2D eigenvalue weighted by molar-refractivity contribution is 9.10. The summed E-state index contributed by atoms with van der Waals surface area (Å²) in [6, 6.07) is 4.45. The fraction of sp³-hybridized carbons (Fsp3) is 0.400. The lowest BCUT2D eigenvalue weighted by molar-refractivity contribution is 0.416. The molecule has 0 aliphatic carbocycles. The van der Waals surface area contributed by atoms with Crippen molar-refractivity contribution in [3.63, 3.8) is 0 Å². The maximum atomic E-state index is 12.2. The number of hydrogen-bond donors (Lipinski definition) is 0. The van der Waals surface area contributed by atoms with E-state index in [2.05, 4.69) is 31.9 Å². The number of benzene rings is 1. The first-order valence-corrected chi connectivity index (χ1v) is 8.53. The zero-order chi connectivity index (χ0) is 13.2. The van der Waals surface area contributed by atoms with Crippen LogP contribution in [0.5, 0.6) is 0 Å². The standard InChI is InChI=1S/C10H12Br2ClNO2S/c1-7(6-11)14(2)17(15,16)8-3-4-10(13)9(12)5-8/h3-5,7H,6H2,1-2H3. The molecule has 0 N–H and O–H groups in total. The largest absolute Gasteiger partial charge is 0.243 e. The molecule has 1 unspecified atom stereocenters. The van der Waals surface area contributed by atoms with Gasteiger partial charge >= 0.3 is 0 Å². The van der Waals surface area contributed by atoms with Gasteiger partial charge in [0.05, 0.1) is 9.92 Å². The molecule has 96 valence electrons. The first-order chi connectivity index (χ1) is 7.80. The Hall–Kier alpha value is 0.380. The van der Waals surface area contributed by atoms with E-state index in [0.29, 0.717) is 14.8 Å². The second kappa shape index (κ2) is 6.02. The Kier molecular flexibility index (Phi) is 5.46. The third-order valence-corrected chi connectivity index (χ3v) is 6.53. The van der Waals surface area contributed by atoms with Crippen molar-refractivity contribution in [2.45, 2.75) is 17.9 Å². The highest BCUT2D eigenvalue weighted by Gasteiger charge is 2.25. The van der Waals surface area contributed by atoms with E-state index >= 15 is 0 Å². The molecule has 0 spiro atoms. The van der Waals surface area contributed by atoms with Gasteiger partial charge in [0.1, 0.15) is 0 Å². The topological polar surface area (TPSA) is 37.4 Å². The van der Waals surface area contributed by atoms with Gasteiger partial charge in [-0.25, -0.2) is 8.42 Å². The molecule has 3 nitrogen and oxygen atoms in total. The SMILES string of the molecule is CC(CBr)N(C)S(=O)(=O)c1ccc(Cl)c(Br)c1. The lowest BCUT2D eigenvalue weighted by Crippen LogP contribution is -2.36. The van der Waals surface area contributed by atoms with Crippen LogP contribution >= 0.6 is 43.5 Å². The summed E-state index contributed by atoms with van der Waals surface area (Å²) in [6.07, 6.45) is 0. The molecule has 1 aromatic carbocycles. The molecular weight excluding hydrogens is 393 g/mol. The summed E-state index contributed by atoms with van der Waals surface area (Å²) in [7, 11) is -1.92. The summed E-state index contributed by atoms with van der Waals surface area (Å²) in [5.41, 5.74) is 0. The van der Waals surface area contributed by atoms with E-state index in [-0.39, 0.29) is 10.9 Å². The fourth-order valence-corrected chi connectivity index (χ4v) is 3.80. The maximum Gasteiger partial charge on any atom is 0.243 e. The Bertz CT molecular complexity index is 507. The summed E-state index contributed by atoms with van der Waals surface area (Å²) >= 11 is 12.3. The van der Waals surface area contributed by atoms with Crippen LogP contribution in [0.25, 0.3) is 0 Å². The van der Waals surface area contributed by atoms with Gasteiger partial charge in [-0.3, -0.25) is 0 Å². The van der Waals surface area contributed by atoms with E-state index in [1.54, 1.807) is 13.1 Å². The molecule has 0 amide bonds. The van der Waals surface area contributed by atoms with E-state index in [1.165, 1.54) is 16.4 Å². The predicted molar refractivity (Wildman–Crippen MR) is 77.4 cm³/mol. The Labute approximate surface area is 123 Å². The van der Waals surface area contributed by atoms with Crippen molar-refractivity contribution in [1.29, 1.82) is 0 Å². The number of hydrogen-bond acceptors (Lipinski definition) is 2. The number of rotatable bonds is 4. The van der Waals surface area contributed by atoms with Gasteiger partial charge < -0.3 is 0 Å². The van der Waals surface area contributed by atoms with Crippen molar-refractivity contribution in [2.75, 3.05) is 12.4 Å². The van der Waals surface area contributed by atoms with E-state index in [4.69, 9.17) is 11.6 Å². The fourth-order valence-electron chi connectivity index (χ4n) is 1.14. The summed E-state index contributed by atoms with van der Waals surface area (Å²) in [5.74, 6) is 0. The van der Waals surface area contributed by atoms with Gasteiger partial charge in [-0.05, 0) is 41.1 Å². The normalized spacial score (nSPS) is 14.0. The first kappa shape index (κ1) is 15.4. The summed E-state index contributed by atoms with van der Waals surface area (Å²) in [6.45, 7) is 1.83. The van der Waals surface area contributed by atoms with Gasteiger partial charge in [0.2, 0.25) is 10.0 Å². The minimum absolute atomic E-state index is 0.116. The van der Waals surface area contributed by atoms with Gasteiger partial charge in [0.15, 0.2) is 0 Å². The van der Waals surface area contributed by atoms with Crippen LogP contribution in [0.2, 0.25) is 5.02 Å². The summed E-state index contributed by atoms with van der Waals surface area (Å²) < 4.78 is 26.4. The number of sulfonamides is 1. The lowest BCUT2D eigenvalue weighted by atomic mass is 10.4. The second-order valence-corrected chi connectivity index (χ2v) is 7.51. The van der Waals surface area contributed by atoms with Crippen LogP contribution in [-0.4, -0.2) is 31.1 Å². The smallest absolute Gasteiger partial charge is 0.207 e. The molecular formula is C10H12Br2ClNO2S. The molecule has 0 aliphatic rings. The second-order valence-electron chi connectivity index (χ2n) is 3.60. The molecule has 0 bridgehead atoms. The molecule has 17 heavy (non-hydrogen) atoms. The molecule has 0 saturated heterocycles. The van der Waals surface area contributed by atoms with Crippen molar-refractivity contribution >= 4 is 53.5 Å². The molecule has 1 rings (SSSR count). The van der Waals surface area contributed by atoms with Gasteiger partial charge in [0.25, 0.3) is 0 Å². The van der Waals surface area contributed by atoms with E-state index in [9.17, 15) is 8.42 Å². The van der Waals surface area contributed by atoms with Gasteiger partial charge in [-0.2, -0.15) is 4.31 Å². The lowest BCUT2D eigenvalue weighted by Gasteiger charge is -2.22. The predicted octanol–water partition coefficient (Wildman–Crippen LogP) is 3.51. The highest BCUT2D eigenvalue weighted by Crippen LogP contribution is 2.27. The number of nitrogens with zero attached hydrogens (tertiary/aromatic N) is 1. The molecule has 0 radical (unpaired) electrons. The quantitative estimate of drug-likeness (QED) is 0.719. The molecule has 0 heterocycles. The zero-order valence-electron chi connectivity index (χ0n) is 9.32. The minimum atomic E-state index is -3.47. The van der Waals surface area contributed by atoms with Crippen LogP contribution in [0, 0.1) is 0 Å². The Morgan fingerprint density at radius 3 is 2.53 bits per heavy atom. The van der Waals surface area contributed by atoms with Crippen LogP contribution in [-0.2, 0) is 10.0 Å². The molecule has 0 aliphatic heterocycles. The molecule has 1 atom stereocenters. The third kappa shape index (κ3) is 3.44. The average Bonchev–Trinajstić information content (AvgIpc) is 2.30. The minimum Gasteiger partial charge on any atom is -0.207 e. The molecule has 0 aromatic heterocycles. The molecule has 1 aromatic rings. The van der Waals surface area contributed by atoms with Crippen molar-refractivity contribution in [2.24, 2.45) is 0 Å². The van der Waals surface area contributed by atoms with Crippen molar-refractivity contribution < 1.29 is 8.42 Å².